The maximum absolute atomic E-state index is 12.8. The Kier molecular flexibility index (Phi) is 31.7. The Hall–Kier alpha value is -2.18. The van der Waals surface area contributed by atoms with Gasteiger partial charge in [0.25, 0.3) is 0 Å². The minimum Gasteiger partial charge on any atom is -0.390 e. The minimum absolute atomic E-state index is 0.00781. The van der Waals surface area contributed by atoms with Crippen LogP contribution in [0.3, 0.4) is 0 Å². The lowest BCUT2D eigenvalue weighted by Gasteiger charge is -2.25. The molecule has 0 fully saturated rings. The van der Waals surface area contributed by atoms with Crippen molar-refractivity contribution in [2.75, 3.05) is 40.9 Å². The van der Waals surface area contributed by atoms with E-state index in [-0.39, 0.29) is 25.9 Å². The third-order valence-electron chi connectivity index (χ3n) is 8.52. The van der Waals surface area contributed by atoms with Gasteiger partial charge in [0.15, 0.2) is 0 Å². The lowest BCUT2D eigenvalue weighted by molar-refractivity contribution is -0.870. The third-order valence-corrected chi connectivity index (χ3v) is 9.50. The summed E-state index contributed by atoms with van der Waals surface area (Å²) in [6.07, 6.45) is 31.9. The zero-order valence-corrected chi connectivity index (χ0v) is 34.9. The van der Waals surface area contributed by atoms with E-state index in [0.29, 0.717) is 17.4 Å². The number of rotatable bonds is 34. The number of hydrogen-bond acceptors (Lipinski definition) is 8. The maximum atomic E-state index is 12.8. The molecule has 0 rings (SSSR count). The van der Waals surface area contributed by atoms with E-state index in [1.807, 2.05) is 27.2 Å². The van der Waals surface area contributed by atoms with Gasteiger partial charge in [0.1, 0.15) is 13.2 Å². The van der Waals surface area contributed by atoms with Crippen molar-refractivity contribution in [3.05, 3.63) is 72.9 Å². The standard InChI is InChI=1S/C42H75N2O9P/c1-6-8-10-11-12-13-14-15-16-17-21-25-30-39(46)38(36-53-54(50,51)52-35-34-44(3,4)5)43-42(49)33-27-32-41(48)40(47)31-26-22-19-18-20-24-29-37(45)28-23-9-7-2/h15-16,18-20,22,24-26,29-31,37-41,45-48H,6-14,17,21,23,27-28,32-36H2,1-5H3,(H-,43,49,50,51)/p+1/b16-15-,20-18-,22-19+,29-24+,30-25+,31-26+/t37-,38-,39+,40-,41-/m0/s1. The molecule has 312 valence electrons. The normalized spacial score (nSPS) is 17.0. The predicted octanol–water partition coefficient (Wildman–Crippen LogP) is 7.37. The highest BCUT2D eigenvalue weighted by atomic mass is 31.2. The number of phosphoric ester groups is 1. The van der Waals surface area contributed by atoms with Gasteiger partial charge in [-0.1, -0.05) is 138 Å². The number of carbonyl (C=O) groups is 1. The zero-order chi connectivity index (χ0) is 40.5. The van der Waals surface area contributed by atoms with Crippen molar-refractivity contribution in [3.63, 3.8) is 0 Å². The van der Waals surface area contributed by atoms with Crippen LogP contribution in [0.4, 0.5) is 0 Å². The summed E-state index contributed by atoms with van der Waals surface area (Å²) < 4.78 is 23.3. The first kappa shape index (κ1) is 51.8. The lowest BCUT2D eigenvalue weighted by Crippen LogP contribution is -2.45. The smallest absolute Gasteiger partial charge is 0.390 e. The van der Waals surface area contributed by atoms with Crippen LogP contribution in [0.5, 0.6) is 0 Å². The molecule has 6 atom stereocenters. The molecule has 11 nitrogen and oxygen atoms in total. The van der Waals surface area contributed by atoms with Gasteiger partial charge in [0.05, 0.1) is 58.2 Å². The first-order valence-corrected chi connectivity index (χ1v) is 21.6. The molecule has 54 heavy (non-hydrogen) atoms. The van der Waals surface area contributed by atoms with E-state index in [9.17, 15) is 34.7 Å². The Bertz CT molecular complexity index is 1160. The predicted molar refractivity (Wildman–Crippen MR) is 221 cm³/mol. The lowest BCUT2D eigenvalue weighted by atomic mass is 10.1. The maximum Gasteiger partial charge on any atom is 0.472 e. The van der Waals surface area contributed by atoms with Crippen LogP contribution in [0, 0.1) is 0 Å². The molecule has 0 radical (unpaired) electrons. The number of aliphatic hydroxyl groups excluding tert-OH is 4. The molecule has 0 aromatic carbocycles. The third kappa shape index (κ3) is 33.2. The number of hydrogen-bond donors (Lipinski definition) is 6. The van der Waals surface area contributed by atoms with Crippen molar-refractivity contribution < 1.29 is 48.2 Å². The van der Waals surface area contributed by atoms with Crippen molar-refractivity contribution in [1.29, 1.82) is 0 Å². The van der Waals surface area contributed by atoms with Crippen molar-refractivity contribution >= 4 is 13.7 Å². The molecule has 1 amide bonds. The van der Waals surface area contributed by atoms with E-state index in [0.717, 1.165) is 38.5 Å². The Morgan fingerprint density at radius 2 is 1.28 bits per heavy atom. The zero-order valence-electron chi connectivity index (χ0n) is 34.0. The van der Waals surface area contributed by atoms with Crippen LogP contribution in [0.1, 0.15) is 117 Å². The number of amides is 1. The van der Waals surface area contributed by atoms with Gasteiger partial charge in [-0.05, 0) is 44.9 Å². The van der Waals surface area contributed by atoms with Crippen molar-refractivity contribution in [3.8, 4) is 0 Å². The number of quaternary nitrogens is 1. The fourth-order valence-corrected chi connectivity index (χ4v) is 5.82. The summed E-state index contributed by atoms with van der Waals surface area (Å²) in [5.41, 5.74) is 0. The SMILES string of the molecule is CCCCCCCC/C=C\CC/C=C/[C@@H](O)[C@H](COP(=O)(O)OCC[N+](C)(C)C)NC(=O)CCC[C@H](O)[C@@H](O)/C=C/C=C/C=C\C=C\[C@@H](O)CCCCC. The van der Waals surface area contributed by atoms with E-state index < -0.39 is 50.8 Å². The van der Waals surface area contributed by atoms with Crippen LogP contribution in [0.25, 0.3) is 0 Å². The minimum atomic E-state index is -4.44. The number of likely N-dealkylation sites (N-methyl/N-ethyl adjacent to an activating group) is 1. The molecule has 0 saturated heterocycles. The van der Waals surface area contributed by atoms with Crippen molar-refractivity contribution in [2.24, 2.45) is 0 Å². The molecule has 0 spiro atoms. The van der Waals surface area contributed by atoms with E-state index in [1.165, 1.54) is 44.6 Å². The Morgan fingerprint density at radius 1 is 0.685 bits per heavy atom. The second-order valence-corrected chi connectivity index (χ2v) is 16.3. The highest BCUT2D eigenvalue weighted by molar-refractivity contribution is 7.47. The number of aliphatic hydroxyl groups is 4. The van der Waals surface area contributed by atoms with Gasteiger partial charge >= 0.3 is 7.82 Å². The van der Waals surface area contributed by atoms with E-state index in [1.54, 1.807) is 48.6 Å². The molecule has 1 unspecified atom stereocenters. The molecule has 0 aliphatic rings. The first-order valence-electron chi connectivity index (χ1n) is 20.1. The second-order valence-electron chi connectivity index (χ2n) is 14.9. The molecule has 0 bridgehead atoms. The summed E-state index contributed by atoms with van der Waals surface area (Å²) >= 11 is 0. The second kappa shape index (κ2) is 33.0. The van der Waals surface area contributed by atoms with Gasteiger partial charge in [-0.25, -0.2) is 4.57 Å². The molecule has 12 heteroatoms. The molecule has 0 saturated carbocycles. The monoisotopic (exact) mass is 784 g/mol. The topological polar surface area (TPSA) is 166 Å². The number of nitrogens with one attached hydrogen (secondary N) is 1. The van der Waals surface area contributed by atoms with Gasteiger partial charge in [-0.3, -0.25) is 13.8 Å². The van der Waals surface area contributed by atoms with Crippen molar-refractivity contribution in [2.45, 2.75) is 147 Å². The summed E-state index contributed by atoms with van der Waals surface area (Å²) in [4.78, 5) is 23.0. The van der Waals surface area contributed by atoms with Gasteiger partial charge in [0, 0.05) is 6.42 Å². The van der Waals surface area contributed by atoms with Crippen LogP contribution >= 0.6 is 7.82 Å². The number of carbonyl (C=O) groups excluding carboxylic acids is 1. The molecule has 0 heterocycles. The van der Waals surface area contributed by atoms with Crippen LogP contribution < -0.4 is 5.32 Å². The van der Waals surface area contributed by atoms with Gasteiger partial charge in [-0.15, -0.1) is 0 Å². The molecule has 0 aromatic rings. The van der Waals surface area contributed by atoms with Crippen LogP contribution in [0.15, 0.2) is 72.9 Å². The molecule has 0 aromatic heterocycles. The summed E-state index contributed by atoms with van der Waals surface area (Å²) in [5, 5.41) is 44.2. The molecule has 6 N–H and O–H groups in total. The first-order chi connectivity index (χ1) is 25.7. The number of unbranched alkanes of at least 4 members (excludes halogenated alkanes) is 9. The average Bonchev–Trinajstić information content (AvgIpc) is 3.10. The fourth-order valence-electron chi connectivity index (χ4n) is 5.08. The largest absolute Gasteiger partial charge is 0.472 e. The van der Waals surface area contributed by atoms with E-state index >= 15 is 0 Å². The Morgan fingerprint density at radius 3 is 1.96 bits per heavy atom. The summed E-state index contributed by atoms with van der Waals surface area (Å²) in [5.74, 6) is -0.443. The van der Waals surface area contributed by atoms with Gasteiger partial charge in [0.2, 0.25) is 5.91 Å². The Labute approximate surface area is 327 Å². The fraction of sp³-hybridized carbons (Fsp3) is 0.690. The van der Waals surface area contributed by atoms with Gasteiger partial charge in [-0.2, -0.15) is 0 Å². The number of phosphoric acid groups is 1. The van der Waals surface area contributed by atoms with Crippen molar-refractivity contribution in [1.82, 2.24) is 5.32 Å². The average molecular weight is 784 g/mol. The molecule has 0 aliphatic carbocycles. The summed E-state index contributed by atoms with van der Waals surface area (Å²) in [6.45, 7) is 4.34. The van der Waals surface area contributed by atoms with Crippen LogP contribution in [-0.4, -0.2) is 107 Å². The van der Waals surface area contributed by atoms with Gasteiger partial charge < -0.3 is 35.1 Å². The summed E-state index contributed by atoms with van der Waals surface area (Å²) in [7, 11) is 1.32. The molecule has 0 aliphatic heterocycles. The van der Waals surface area contributed by atoms with Crippen LogP contribution in [0.2, 0.25) is 0 Å². The number of nitrogens with zero attached hydrogens (tertiary/aromatic N) is 1. The highest BCUT2D eigenvalue weighted by Gasteiger charge is 2.28. The summed E-state index contributed by atoms with van der Waals surface area (Å²) in [6, 6.07) is -1.02. The molecular weight excluding hydrogens is 707 g/mol. The molecular formula is C42H76N2O9P+. The Balaban J connectivity index is 4.93. The van der Waals surface area contributed by atoms with Crippen LogP contribution in [-0.2, 0) is 18.4 Å². The number of allylic oxidation sites excluding steroid dienone is 9. The quantitative estimate of drug-likeness (QED) is 0.0129. The highest BCUT2D eigenvalue weighted by Crippen LogP contribution is 2.43. The van der Waals surface area contributed by atoms with E-state index in [2.05, 4.69) is 31.3 Å². The van der Waals surface area contributed by atoms with E-state index in [4.69, 9.17) is 9.05 Å².